The van der Waals surface area contributed by atoms with Gasteiger partial charge in [0.25, 0.3) is 0 Å². The highest BCUT2D eigenvalue weighted by molar-refractivity contribution is 7.99. The predicted octanol–water partition coefficient (Wildman–Crippen LogP) is 3.72. The molecule has 2 amide bonds. The van der Waals surface area contributed by atoms with Gasteiger partial charge < -0.3 is 10.6 Å². The lowest BCUT2D eigenvalue weighted by atomic mass is 10.3. The van der Waals surface area contributed by atoms with E-state index in [1.807, 2.05) is 49.9 Å². The van der Waals surface area contributed by atoms with Crippen molar-refractivity contribution in [3.63, 3.8) is 0 Å². The van der Waals surface area contributed by atoms with Crippen LogP contribution in [0.2, 0.25) is 0 Å². The lowest BCUT2D eigenvalue weighted by molar-refractivity contribution is 0.250. The van der Waals surface area contributed by atoms with Gasteiger partial charge in [-0.2, -0.15) is 0 Å². The molecule has 3 nitrogen and oxygen atoms in total. The third kappa shape index (κ3) is 5.63. The summed E-state index contributed by atoms with van der Waals surface area (Å²) in [6.07, 6.45) is 0. The lowest BCUT2D eigenvalue weighted by Gasteiger charge is -2.10. The van der Waals surface area contributed by atoms with E-state index < -0.39 is 0 Å². The van der Waals surface area contributed by atoms with Crippen molar-refractivity contribution in [3.8, 4) is 0 Å². The van der Waals surface area contributed by atoms with Crippen LogP contribution in [0.3, 0.4) is 0 Å². The molecule has 94 valence electrons. The van der Waals surface area contributed by atoms with Gasteiger partial charge in [-0.3, -0.25) is 0 Å². The zero-order valence-corrected chi connectivity index (χ0v) is 11.6. The minimum absolute atomic E-state index is 0.144. The molecule has 0 unspecified atom stereocenters. The fourth-order valence-corrected chi connectivity index (χ4v) is 2.16. The van der Waals surface area contributed by atoms with Crippen molar-refractivity contribution in [1.29, 1.82) is 0 Å². The van der Waals surface area contributed by atoms with E-state index in [2.05, 4.69) is 24.5 Å². The van der Waals surface area contributed by atoms with E-state index in [9.17, 15) is 4.79 Å². The second-order valence-electron chi connectivity index (χ2n) is 4.44. The summed E-state index contributed by atoms with van der Waals surface area (Å²) in [7, 11) is 0. The van der Waals surface area contributed by atoms with Crippen molar-refractivity contribution >= 4 is 23.5 Å². The van der Waals surface area contributed by atoms with Crippen molar-refractivity contribution < 1.29 is 4.79 Å². The summed E-state index contributed by atoms with van der Waals surface area (Å²) in [5, 5.41) is 6.14. The molecule has 0 radical (unpaired) electrons. The van der Waals surface area contributed by atoms with Crippen LogP contribution in [0.1, 0.15) is 27.7 Å². The molecule has 0 atom stereocenters. The summed E-state index contributed by atoms with van der Waals surface area (Å²) in [6, 6.07) is 7.87. The number of rotatable bonds is 4. The van der Waals surface area contributed by atoms with Crippen LogP contribution < -0.4 is 10.6 Å². The maximum atomic E-state index is 11.5. The molecule has 0 saturated carbocycles. The van der Waals surface area contributed by atoms with Gasteiger partial charge in [0.05, 0.1) is 0 Å². The van der Waals surface area contributed by atoms with E-state index in [0.29, 0.717) is 5.25 Å². The summed E-state index contributed by atoms with van der Waals surface area (Å²) >= 11 is 1.81. The van der Waals surface area contributed by atoms with Gasteiger partial charge in [-0.25, -0.2) is 4.79 Å². The molecule has 0 heterocycles. The number of carbonyl (C=O) groups is 1. The summed E-state index contributed by atoms with van der Waals surface area (Å²) < 4.78 is 0. The zero-order valence-electron chi connectivity index (χ0n) is 10.8. The minimum atomic E-state index is -0.163. The van der Waals surface area contributed by atoms with E-state index in [1.165, 1.54) is 4.90 Å². The second kappa shape index (κ2) is 6.55. The summed E-state index contributed by atoms with van der Waals surface area (Å²) in [5.74, 6) is 0. The third-order valence-corrected chi connectivity index (χ3v) is 2.92. The van der Waals surface area contributed by atoms with Gasteiger partial charge >= 0.3 is 6.03 Å². The molecular weight excluding hydrogens is 232 g/mol. The molecular formula is C13H20N2OS. The highest BCUT2D eigenvalue weighted by Gasteiger charge is 2.03. The van der Waals surface area contributed by atoms with Crippen LogP contribution in [0.5, 0.6) is 0 Å². The van der Waals surface area contributed by atoms with E-state index in [4.69, 9.17) is 0 Å². The Kier molecular flexibility index (Phi) is 5.35. The maximum absolute atomic E-state index is 11.5. The Bertz CT molecular complexity index is 360. The van der Waals surface area contributed by atoms with E-state index in [-0.39, 0.29) is 12.1 Å². The quantitative estimate of drug-likeness (QED) is 0.802. The maximum Gasteiger partial charge on any atom is 0.319 e. The molecule has 0 aliphatic heterocycles. The first-order valence-corrected chi connectivity index (χ1v) is 6.69. The third-order valence-electron chi connectivity index (χ3n) is 1.90. The molecule has 4 heteroatoms. The van der Waals surface area contributed by atoms with Crippen LogP contribution >= 0.6 is 11.8 Å². The van der Waals surface area contributed by atoms with Gasteiger partial charge in [0.1, 0.15) is 0 Å². The number of nitrogens with one attached hydrogen (secondary N) is 2. The van der Waals surface area contributed by atoms with Crippen LogP contribution in [-0.2, 0) is 0 Å². The summed E-state index contributed by atoms with van der Waals surface area (Å²) in [5.41, 5.74) is 0.816. The standard InChI is InChI=1S/C13H20N2OS/c1-9(2)14-13(16)15-11-5-7-12(8-6-11)17-10(3)4/h5-10H,1-4H3,(H2,14,15,16). The second-order valence-corrected chi connectivity index (χ2v) is 6.09. The first-order chi connectivity index (χ1) is 7.97. The van der Waals surface area contributed by atoms with Crippen LogP contribution in [0.15, 0.2) is 29.2 Å². The van der Waals surface area contributed by atoms with Crippen molar-refractivity contribution in [2.45, 2.75) is 43.9 Å². The Morgan fingerprint density at radius 2 is 1.71 bits per heavy atom. The molecule has 0 bridgehead atoms. The number of benzene rings is 1. The predicted molar refractivity (Wildman–Crippen MR) is 74.7 cm³/mol. The Hall–Kier alpha value is -1.16. The number of hydrogen-bond acceptors (Lipinski definition) is 2. The Morgan fingerprint density at radius 1 is 1.12 bits per heavy atom. The van der Waals surface area contributed by atoms with E-state index in [1.54, 1.807) is 0 Å². The van der Waals surface area contributed by atoms with Gasteiger partial charge in [0, 0.05) is 21.9 Å². The highest BCUT2D eigenvalue weighted by Crippen LogP contribution is 2.24. The van der Waals surface area contributed by atoms with E-state index in [0.717, 1.165) is 5.69 Å². The SMILES string of the molecule is CC(C)NC(=O)Nc1ccc(SC(C)C)cc1. The molecule has 1 aromatic carbocycles. The van der Waals surface area contributed by atoms with Gasteiger partial charge in [-0.15, -0.1) is 11.8 Å². The fourth-order valence-electron chi connectivity index (χ4n) is 1.32. The van der Waals surface area contributed by atoms with Gasteiger partial charge in [-0.1, -0.05) is 13.8 Å². The number of anilines is 1. The molecule has 0 aromatic heterocycles. The van der Waals surface area contributed by atoms with Crippen LogP contribution in [0, 0.1) is 0 Å². The topological polar surface area (TPSA) is 41.1 Å². The molecule has 1 aromatic rings. The molecule has 0 spiro atoms. The van der Waals surface area contributed by atoms with Crippen LogP contribution in [0.25, 0.3) is 0 Å². The van der Waals surface area contributed by atoms with E-state index >= 15 is 0 Å². The Balaban J connectivity index is 2.53. The summed E-state index contributed by atoms with van der Waals surface area (Å²) in [4.78, 5) is 12.7. The minimum Gasteiger partial charge on any atom is -0.336 e. The average Bonchev–Trinajstić information content (AvgIpc) is 2.18. The number of urea groups is 1. The highest BCUT2D eigenvalue weighted by atomic mass is 32.2. The largest absolute Gasteiger partial charge is 0.336 e. The Morgan fingerprint density at radius 3 is 2.18 bits per heavy atom. The first kappa shape index (κ1) is 13.9. The Labute approximate surface area is 107 Å². The fraction of sp³-hybridized carbons (Fsp3) is 0.462. The smallest absolute Gasteiger partial charge is 0.319 e. The molecule has 0 aliphatic rings. The van der Waals surface area contributed by atoms with Crippen LogP contribution in [0.4, 0.5) is 10.5 Å². The number of carbonyl (C=O) groups excluding carboxylic acids is 1. The monoisotopic (exact) mass is 252 g/mol. The number of amides is 2. The lowest BCUT2D eigenvalue weighted by Crippen LogP contribution is -2.34. The molecule has 2 N–H and O–H groups in total. The summed E-state index contributed by atoms with van der Waals surface area (Å²) in [6.45, 7) is 8.18. The van der Waals surface area contributed by atoms with Crippen LogP contribution in [-0.4, -0.2) is 17.3 Å². The van der Waals surface area contributed by atoms with Gasteiger partial charge in [-0.05, 0) is 38.1 Å². The zero-order chi connectivity index (χ0) is 12.8. The molecule has 0 saturated heterocycles. The number of thioether (sulfide) groups is 1. The van der Waals surface area contributed by atoms with Gasteiger partial charge in [0.2, 0.25) is 0 Å². The van der Waals surface area contributed by atoms with Crippen molar-refractivity contribution in [2.75, 3.05) is 5.32 Å². The average molecular weight is 252 g/mol. The molecule has 1 rings (SSSR count). The van der Waals surface area contributed by atoms with Gasteiger partial charge in [0.15, 0.2) is 0 Å². The molecule has 0 fully saturated rings. The van der Waals surface area contributed by atoms with Crippen molar-refractivity contribution in [3.05, 3.63) is 24.3 Å². The molecule has 17 heavy (non-hydrogen) atoms. The van der Waals surface area contributed by atoms with Crippen molar-refractivity contribution in [1.82, 2.24) is 5.32 Å². The molecule has 0 aliphatic carbocycles. The normalized spacial score (nSPS) is 10.7. The van der Waals surface area contributed by atoms with Crippen molar-refractivity contribution in [2.24, 2.45) is 0 Å². The first-order valence-electron chi connectivity index (χ1n) is 5.81. The number of hydrogen-bond donors (Lipinski definition) is 2.